The summed E-state index contributed by atoms with van der Waals surface area (Å²) in [7, 11) is 0. The number of oxime groups is 1. The monoisotopic (exact) mass is 295 g/mol. The first kappa shape index (κ1) is 14.9. The third kappa shape index (κ3) is 3.53. The zero-order valence-electron chi connectivity index (χ0n) is 11.1. The van der Waals surface area contributed by atoms with Gasteiger partial charge in [0.25, 0.3) is 0 Å². The first-order valence-corrected chi connectivity index (χ1v) is 6.06. The van der Waals surface area contributed by atoms with Crippen LogP contribution < -0.4 is 4.74 Å². The van der Waals surface area contributed by atoms with Crippen LogP contribution in [-0.4, -0.2) is 10.9 Å². The molecule has 0 aliphatic rings. The molecule has 2 aromatic rings. The quantitative estimate of drug-likeness (QED) is 0.528. The molecular weight excluding hydrogens is 283 g/mol. The molecule has 2 aromatic carbocycles. The zero-order valence-corrected chi connectivity index (χ0v) is 11.1. The Morgan fingerprint density at radius 2 is 1.76 bits per heavy atom. The van der Waals surface area contributed by atoms with Gasteiger partial charge in [0.1, 0.15) is 29.8 Å². The van der Waals surface area contributed by atoms with E-state index in [9.17, 15) is 13.2 Å². The Morgan fingerprint density at radius 3 is 2.48 bits per heavy atom. The van der Waals surface area contributed by atoms with Crippen LogP contribution in [-0.2, 0) is 6.61 Å². The first-order valence-electron chi connectivity index (χ1n) is 6.06. The third-order valence-electron chi connectivity index (χ3n) is 2.87. The summed E-state index contributed by atoms with van der Waals surface area (Å²) in [5.41, 5.74) is 0.573. The Morgan fingerprint density at radius 1 is 1.10 bits per heavy atom. The molecule has 0 aromatic heterocycles. The second kappa shape index (κ2) is 6.30. The summed E-state index contributed by atoms with van der Waals surface area (Å²) < 4.78 is 45.1. The number of hydrogen-bond acceptors (Lipinski definition) is 3. The van der Waals surface area contributed by atoms with Crippen LogP contribution in [0.25, 0.3) is 0 Å². The second-order valence-electron chi connectivity index (χ2n) is 4.35. The summed E-state index contributed by atoms with van der Waals surface area (Å²) in [5, 5.41) is 11.8. The zero-order chi connectivity index (χ0) is 15.4. The molecular formula is C15H12F3NO2. The van der Waals surface area contributed by atoms with Crippen LogP contribution in [0.2, 0.25) is 0 Å². The molecule has 0 heterocycles. The standard InChI is InChI=1S/C15H12F3NO2/c1-9(19-20)13-4-2-12(17)7-15(13)21-8-10-6-11(16)3-5-14(10)18/h2-7,20H,8H2,1H3/b19-9-. The summed E-state index contributed by atoms with van der Waals surface area (Å²) in [6, 6.07) is 6.62. The summed E-state index contributed by atoms with van der Waals surface area (Å²) in [4.78, 5) is 0. The Balaban J connectivity index is 2.27. The fraction of sp³-hybridized carbons (Fsp3) is 0.133. The van der Waals surface area contributed by atoms with Crippen molar-refractivity contribution in [2.45, 2.75) is 13.5 Å². The van der Waals surface area contributed by atoms with Crippen molar-refractivity contribution in [2.24, 2.45) is 5.16 Å². The minimum absolute atomic E-state index is 0.00352. The van der Waals surface area contributed by atoms with E-state index in [1.54, 1.807) is 0 Å². The fourth-order valence-electron chi connectivity index (χ4n) is 1.78. The number of benzene rings is 2. The third-order valence-corrected chi connectivity index (χ3v) is 2.87. The van der Waals surface area contributed by atoms with Gasteiger partial charge in [-0.1, -0.05) is 5.16 Å². The number of ether oxygens (including phenoxy) is 1. The lowest BCUT2D eigenvalue weighted by Crippen LogP contribution is -2.04. The minimum Gasteiger partial charge on any atom is -0.488 e. The molecule has 2 rings (SSSR count). The van der Waals surface area contributed by atoms with Crippen LogP contribution in [0.4, 0.5) is 13.2 Å². The molecule has 0 atom stereocenters. The summed E-state index contributed by atoms with van der Waals surface area (Å²) in [6.45, 7) is 1.22. The Kier molecular flexibility index (Phi) is 4.47. The second-order valence-corrected chi connectivity index (χ2v) is 4.35. The first-order chi connectivity index (χ1) is 10.0. The van der Waals surface area contributed by atoms with Crippen LogP contribution in [0.15, 0.2) is 41.6 Å². The molecule has 21 heavy (non-hydrogen) atoms. The molecule has 110 valence electrons. The van der Waals surface area contributed by atoms with E-state index < -0.39 is 17.5 Å². The van der Waals surface area contributed by atoms with Crippen molar-refractivity contribution >= 4 is 5.71 Å². The van der Waals surface area contributed by atoms with Crippen molar-refractivity contribution in [3.05, 3.63) is 65.0 Å². The van der Waals surface area contributed by atoms with Crippen LogP contribution in [0.5, 0.6) is 5.75 Å². The molecule has 0 fully saturated rings. The van der Waals surface area contributed by atoms with Crippen molar-refractivity contribution in [2.75, 3.05) is 0 Å². The van der Waals surface area contributed by atoms with Gasteiger partial charge in [-0.2, -0.15) is 0 Å². The lowest BCUT2D eigenvalue weighted by atomic mass is 10.1. The van der Waals surface area contributed by atoms with Gasteiger partial charge in [0.15, 0.2) is 0 Å². The fourth-order valence-corrected chi connectivity index (χ4v) is 1.78. The van der Waals surface area contributed by atoms with Gasteiger partial charge in [-0.05, 0) is 37.3 Å². The lowest BCUT2D eigenvalue weighted by molar-refractivity contribution is 0.295. The van der Waals surface area contributed by atoms with Gasteiger partial charge in [-0.15, -0.1) is 0 Å². The minimum atomic E-state index is -0.623. The molecule has 0 saturated carbocycles. The van der Waals surface area contributed by atoms with Gasteiger partial charge in [0.05, 0.1) is 5.71 Å². The molecule has 0 saturated heterocycles. The SMILES string of the molecule is C/C(=N/O)c1ccc(F)cc1OCc1cc(F)ccc1F. The maximum Gasteiger partial charge on any atom is 0.131 e. The maximum atomic E-state index is 13.5. The molecule has 0 aliphatic heterocycles. The summed E-state index contributed by atoms with van der Waals surface area (Å²) >= 11 is 0. The topological polar surface area (TPSA) is 41.8 Å². The molecule has 0 amide bonds. The van der Waals surface area contributed by atoms with Gasteiger partial charge >= 0.3 is 0 Å². The largest absolute Gasteiger partial charge is 0.488 e. The molecule has 0 bridgehead atoms. The van der Waals surface area contributed by atoms with Gasteiger partial charge < -0.3 is 9.94 Å². The van der Waals surface area contributed by atoms with E-state index in [4.69, 9.17) is 9.94 Å². The van der Waals surface area contributed by atoms with E-state index in [-0.39, 0.29) is 23.6 Å². The molecule has 0 radical (unpaired) electrons. The predicted octanol–water partition coefficient (Wildman–Crippen LogP) is 3.88. The Hall–Kier alpha value is -2.50. The highest BCUT2D eigenvalue weighted by Crippen LogP contribution is 2.23. The van der Waals surface area contributed by atoms with Gasteiger partial charge in [0, 0.05) is 17.2 Å². The highest BCUT2D eigenvalue weighted by atomic mass is 19.1. The van der Waals surface area contributed by atoms with E-state index in [1.807, 2.05) is 0 Å². The van der Waals surface area contributed by atoms with E-state index in [0.717, 1.165) is 24.3 Å². The lowest BCUT2D eigenvalue weighted by Gasteiger charge is -2.11. The molecule has 0 aliphatic carbocycles. The van der Waals surface area contributed by atoms with E-state index >= 15 is 0 Å². The average molecular weight is 295 g/mol. The maximum absolute atomic E-state index is 13.5. The molecule has 3 nitrogen and oxygen atoms in total. The number of halogens is 3. The van der Waals surface area contributed by atoms with Gasteiger partial charge in [0.2, 0.25) is 0 Å². The van der Waals surface area contributed by atoms with Crippen molar-refractivity contribution in [3.8, 4) is 5.75 Å². The molecule has 1 N–H and O–H groups in total. The molecule has 0 spiro atoms. The van der Waals surface area contributed by atoms with E-state index in [0.29, 0.717) is 5.56 Å². The highest BCUT2D eigenvalue weighted by molar-refractivity contribution is 6.00. The van der Waals surface area contributed by atoms with E-state index in [2.05, 4.69) is 5.16 Å². The van der Waals surface area contributed by atoms with Crippen LogP contribution in [0, 0.1) is 17.5 Å². The number of rotatable bonds is 4. The van der Waals surface area contributed by atoms with Gasteiger partial charge in [-0.25, -0.2) is 13.2 Å². The molecule has 0 unspecified atom stereocenters. The van der Waals surface area contributed by atoms with Gasteiger partial charge in [-0.3, -0.25) is 0 Å². The van der Waals surface area contributed by atoms with Crippen LogP contribution >= 0.6 is 0 Å². The predicted molar refractivity (Wildman–Crippen MR) is 71.1 cm³/mol. The average Bonchev–Trinajstić information content (AvgIpc) is 2.47. The highest BCUT2D eigenvalue weighted by Gasteiger charge is 2.11. The normalized spacial score (nSPS) is 11.5. The summed E-state index contributed by atoms with van der Waals surface area (Å²) in [6.07, 6.45) is 0. The van der Waals surface area contributed by atoms with Crippen LogP contribution in [0.1, 0.15) is 18.1 Å². The van der Waals surface area contributed by atoms with Crippen molar-refractivity contribution in [3.63, 3.8) is 0 Å². The van der Waals surface area contributed by atoms with Crippen molar-refractivity contribution in [1.29, 1.82) is 0 Å². The number of nitrogens with zero attached hydrogens (tertiary/aromatic N) is 1. The molecule has 6 heteroatoms. The van der Waals surface area contributed by atoms with Crippen LogP contribution in [0.3, 0.4) is 0 Å². The smallest absolute Gasteiger partial charge is 0.131 e. The Bertz CT molecular complexity index is 687. The van der Waals surface area contributed by atoms with E-state index in [1.165, 1.54) is 19.1 Å². The number of hydrogen-bond donors (Lipinski definition) is 1. The summed E-state index contributed by atoms with van der Waals surface area (Å²) in [5.74, 6) is -1.70. The van der Waals surface area contributed by atoms with Crippen molar-refractivity contribution in [1.82, 2.24) is 0 Å². The van der Waals surface area contributed by atoms with Crippen molar-refractivity contribution < 1.29 is 23.1 Å². The Labute approximate surface area is 119 Å².